The third-order valence-corrected chi connectivity index (χ3v) is 3.90. The van der Waals surface area contributed by atoms with Crippen LogP contribution >= 0.6 is 0 Å². The zero-order valence-corrected chi connectivity index (χ0v) is 12.4. The van der Waals surface area contributed by atoms with Crippen LogP contribution in [0.25, 0.3) is 10.9 Å². The Kier molecular flexibility index (Phi) is 3.52. The van der Waals surface area contributed by atoms with Crippen molar-refractivity contribution < 1.29 is 0 Å². The van der Waals surface area contributed by atoms with E-state index in [1.807, 2.05) is 25.1 Å². The van der Waals surface area contributed by atoms with E-state index in [0.29, 0.717) is 16.7 Å². The summed E-state index contributed by atoms with van der Waals surface area (Å²) >= 11 is 0. The molecule has 1 heterocycles. The molecule has 0 aliphatic heterocycles. The maximum absolute atomic E-state index is 12.9. The third-order valence-electron chi connectivity index (χ3n) is 3.90. The van der Waals surface area contributed by atoms with Crippen molar-refractivity contribution in [2.24, 2.45) is 5.73 Å². The van der Waals surface area contributed by atoms with Crippen molar-refractivity contribution >= 4 is 10.9 Å². The Bertz CT molecular complexity index is 806. The molecule has 2 aromatic rings. The molecule has 2 N–H and O–H groups in total. The first-order chi connectivity index (χ1) is 10.2. The van der Waals surface area contributed by atoms with E-state index in [0.717, 1.165) is 24.8 Å². The molecule has 108 valence electrons. The smallest absolute Gasteiger partial charge is 0.262 e. The maximum atomic E-state index is 12.9. The van der Waals surface area contributed by atoms with Crippen molar-refractivity contribution in [3.05, 3.63) is 39.9 Å². The number of hydrogen-bond acceptors (Lipinski definition) is 3. The van der Waals surface area contributed by atoms with Gasteiger partial charge in [-0.2, -0.15) is 0 Å². The van der Waals surface area contributed by atoms with E-state index in [1.54, 1.807) is 11.5 Å². The van der Waals surface area contributed by atoms with E-state index >= 15 is 0 Å². The van der Waals surface area contributed by atoms with E-state index < -0.39 is 0 Å². The molecule has 1 fully saturated rings. The summed E-state index contributed by atoms with van der Waals surface area (Å²) in [7, 11) is 0. The third kappa shape index (κ3) is 2.34. The first kappa shape index (κ1) is 13.8. The van der Waals surface area contributed by atoms with Gasteiger partial charge in [-0.3, -0.25) is 9.36 Å². The lowest BCUT2D eigenvalue weighted by Gasteiger charge is -2.17. The van der Waals surface area contributed by atoms with Crippen molar-refractivity contribution in [2.45, 2.75) is 45.2 Å². The monoisotopic (exact) mass is 281 g/mol. The maximum Gasteiger partial charge on any atom is 0.262 e. The summed E-state index contributed by atoms with van der Waals surface area (Å²) in [6, 6.07) is 5.67. The van der Waals surface area contributed by atoms with Crippen LogP contribution in [0.15, 0.2) is 23.0 Å². The number of rotatable bonds is 3. The molecule has 0 radical (unpaired) electrons. The van der Waals surface area contributed by atoms with Gasteiger partial charge >= 0.3 is 0 Å². The number of fused-ring (bicyclic) bond motifs is 1. The van der Waals surface area contributed by atoms with Crippen molar-refractivity contribution in [1.82, 2.24) is 9.55 Å². The standard InChI is InChI=1S/C17H19N3O/c1-3-6-11-7-5-8-14-15(11)17(21)20(12-9-10-12)16(19-14)13(18)4-2/h5,7-8,12-13H,4,9-10,18H2,1-2H3/t13-/m0/s1. The molecule has 0 spiro atoms. The normalized spacial score (nSPS) is 15.6. The highest BCUT2D eigenvalue weighted by molar-refractivity contribution is 5.84. The highest BCUT2D eigenvalue weighted by Gasteiger charge is 2.30. The topological polar surface area (TPSA) is 60.9 Å². The van der Waals surface area contributed by atoms with E-state index in [2.05, 4.69) is 16.8 Å². The van der Waals surface area contributed by atoms with E-state index in [-0.39, 0.29) is 17.6 Å². The number of aromatic nitrogens is 2. The van der Waals surface area contributed by atoms with Gasteiger partial charge in [0, 0.05) is 11.6 Å². The van der Waals surface area contributed by atoms with Gasteiger partial charge in [-0.05, 0) is 38.3 Å². The van der Waals surface area contributed by atoms with Gasteiger partial charge in [0.25, 0.3) is 5.56 Å². The molecule has 4 heteroatoms. The Morgan fingerprint density at radius 2 is 2.24 bits per heavy atom. The van der Waals surface area contributed by atoms with Crippen LogP contribution in [0.1, 0.15) is 56.6 Å². The number of nitrogens with two attached hydrogens (primary N) is 1. The molecule has 4 nitrogen and oxygen atoms in total. The van der Waals surface area contributed by atoms with Gasteiger partial charge in [-0.15, -0.1) is 5.92 Å². The fourth-order valence-corrected chi connectivity index (χ4v) is 2.63. The average Bonchev–Trinajstić information content (AvgIpc) is 3.31. The zero-order chi connectivity index (χ0) is 15.0. The van der Waals surface area contributed by atoms with E-state index in [9.17, 15) is 4.79 Å². The summed E-state index contributed by atoms with van der Waals surface area (Å²) in [5.41, 5.74) is 7.61. The van der Waals surface area contributed by atoms with Gasteiger partial charge in [0.05, 0.1) is 16.9 Å². The number of benzene rings is 1. The average molecular weight is 281 g/mol. The summed E-state index contributed by atoms with van der Waals surface area (Å²) in [5, 5.41) is 0.616. The summed E-state index contributed by atoms with van der Waals surface area (Å²) in [6.07, 6.45) is 2.81. The highest BCUT2D eigenvalue weighted by Crippen LogP contribution is 2.36. The fraction of sp³-hybridized carbons (Fsp3) is 0.412. The van der Waals surface area contributed by atoms with Gasteiger partial charge < -0.3 is 5.73 Å². The van der Waals surface area contributed by atoms with Crippen LogP contribution in [0.5, 0.6) is 0 Å². The van der Waals surface area contributed by atoms with Crippen molar-refractivity contribution in [1.29, 1.82) is 0 Å². The van der Waals surface area contributed by atoms with Crippen molar-refractivity contribution in [3.8, 4) is 11.8 Å². The predicted octanol–water partition coefficient (Wildman–Crippen LogP) is 2.51. The van der Waals surface area contributed by atoms with E-state index in [1.165, 1.54) is 0 Å². The van der Waals surface area contributed by atoms with Crippen molar-refractivity contribution in [2.75, 3.05) is 0 Å². The largest absolute Gasteiger partial charge is 0.321 e. The summed E-state index contributed by atoms with van der Waals surface area (Å²) < 4.78 is 1.80. The van der Waals surface area contributed by atoms with Crippen LogP contribution in [0.2, 0.25) is 0 Å². The van der Waals surface area contributed by atoms with Crippen molar-refractivity contribution in [3.63, 3.8) is 0 Å². The second kappa shape index (κ2) is 5.34. The molecule has 21 heavy (non-hydrogen) atoms. The molecular formula is C17H19N3O. The molecule has 1 atom stereocenters. The lowest BCUT2D eigenvalue weighted by Crippen LogP contribution is -2.29. The fourth-order valence-electron chi connectivity index (χ4n) is 2.63. The molecule has 1 aliphatic rings. The number of hydrogen-bond donors (Lipinski definition) is 1. The van der Waals surface area contributed by atoms with Crippen LogP contribution in [0.3, 0.4) is 0 Å². The minimum Gasteiger partial charge on any atom is -0.321 e. The molecule has 0 saturated heterocycles. The van der Waals surface area contributed by atoms with Gasteiger partial charge in [0.15, 0.2) is 0 Å². The molecule has 1 saturated carbocycles. The predicted molar refractivity (Wildman–Crippen MR) is 84.0 cm³/mol. The Hall–Kier alpha value is -2.12. The minimum absolute atomic E-state index is 0.000231. The van der Waals surface area contributed by atoms with Crippen LogP contribution in [0, 0.1) is 11.8 Å². The molecular weight excluding hydrogens is 262 g/mol. The minimum atomic E-state index is -0.205. The molecule has 1 aromatic carbocycles. The van der Waals surface area contributed by atoms with Gasteiger partial charge in [0.2, 0.25) is 0 Å². The summed E-state index contributed by atoms with van der Waals surface area (Å²) in [6.45, 7) is 3.78. The highest BCUT2D eigenvalue weighted by atomic mass is 16.1. The van der Waals surface area contributed by atoms with Crippen LogP contribution in [0.4, 0.5) is 0 Å². The van der Waals surface area contributed by atoms with Gasteiger partial charge in [0.1, 0.15) is 5.82 Å². The summed E-state index contributed by atoms with van der Waals surface area (Å²) in [5.74, 6) is 6.58. The lowest BCUT2D eigenvalue weighted by atomic mass is 10.1. The zero-order valence-electron chi connectivity index (χ0n) is 12.4. The molecule has 0 unspecified atom stereocenters. The Labute approximate surface area is 124 Å². The quantitative estimate of drug-likeness (QED) is 0.879. The SMILES string of the molecule is CC#Cc1cccc2nc([C@@H](N)CC)n(C3CC3)c(=O)c12. The van der Waals surface area contributed by atoms with Gasteiger partial charge in [-0.1, -0.05) is 18.9 Å². The van der Waals surface area contributed by atoms with Crippen LogP contribution < -0.4 is 11.3 Å². The summed E-state index contributed by atoms with van der Waals surface area (Å²) in [4.78, 5) is 17.6. The molecule has 0 bridgehead atoms. The molecule has 1 aliphatic carbocycles. The Morgan fingerprint density at radius 1 is 1.48 bits per heavy atom. The first-order valence-electron chi connectivity index (χ1n) is 7.40. The lowest BCUT2D eigenvalue weighted by molar-refractivity contribution is 0.558. The second-order valence-corrected chi connectivity index (χ2v) is 5.47. The van der Waals surface area contributed by atoms with E-state index in [4.69, 9.17) is 5.73 Å². The van der Waals surface area contributed by atoms with Crippen LogP contribution in [-0.2, 0) is 0 Å². The van der Waals surface area contributed by atoms with Crippen LogP contribution in [-0.4, -0.2) is 9.55 Å². The Morgan fingerprint density at radius 3 is 2.86 bits per heavy atom. The molecule has 0 amide bonds. The molecule has 1 aromatic heterocycles. The number of nitrogens with zero attached hydrogens (tertiary/aromatic N) is 2. The molecule has 3 rings (SSSR count). The second-order valence-electron chi connectivity index (χ2n) is 5.47. The van der Waals surface area contributed by atoms with Gasteiger partial charge in [-0.25, -0.2) is 4.98 Å². The Balaban J connectivity index is 2.38. The first-order valence-corrected chi connectivity index (χ1v) is 7.40.